The molecule has 0 N–H and O–H groups in total. The second-order valence-corrected chi connectivity index (χ2v) is 7.14. The second-order valence-electron chi connectivity index (χ2n) is 7.14. The van der Waals surface area contributed by atoms with Crippen LogP contribution in [-0.4, -0.2) is 40.7 Å². The van der Waals surface area contributed by atoms with E-state index in [0.717, 1.165) is 51.1 Å². The van der Waals surface area contributed by atoms with Crippen LogP contribution in [-0.2, 0) is 13.1 Å². The lowest BCUT2D eigenvalue weighted by atomic mass is 9.89. The van der Waals surface area contributed by atoms with Gasteiger partial charge >= 0.3 is 0 Å². The quantitative estimate of drug-likeness (QED) is 0.711. The van der Waals surface area contributed by atoms with E-state index in [0.29, 0.717) is 11.3 Å². The van der Waals surface area contributed by atoms with Gasteiger partial charge in [-0.1, -0.05) is 19.1 Å². The third-order valence-electron chi connectivity index (χ3n) is 5.14. The number of ether oxygens (including phenoxy) is 1. The number of hydrogen-bond acceptors (Lipinski definition) is 4. The number of nitrogens with zero attached hydrogens (tertiary/aromatic N) is 3. The van der Waals surface area contributed by atoms with Crippen molar-refractivity contribution in [1.29, 1.82) is 0 Å². The predicted octanol–water partition coefficient (Wildman–Crippen LogP) is 3.71. The van der Waals surface area contributed by atoms with Crippen molar-refractivity contribution in [2.45, 2.75) is 46.2 Å². The van der Waals surface area contributed by atoms with Crippen LogP contribution in [0.3, 0.4) is 0 Å². The van der Waals surface area contributed by atoms with Crippen LogP contribution in [0.2, 0.25) is 0 Å². The Kier molecular flexibility index (Phi) is 6.09. The maximum Gasteiger partial charge on any atom is 0.170 e. The SMILES string of the molecule is CCCn1cc(CN2CCC[C@@H](C(=O)c3ccccc3OC)C2)c(C)n1. The summed E-state index contributed by atoms with van der Waals surface area (Å²) in [5.74, 6) is 0.905. The molecule has 0 spiro atoms. The first-order valence-corrected chi connectivity index (χ1v) is 9.55. The summed E-state index contributed by atoms with van der Waals surface area (Å²) in [6, 6.07) is 7.54. The van der Waals surface area contributed by atoms with Gasteiger partial charge in [0, 0.05) is 37.3 Å². The number of aryl methyl sites for hydroxylation is 2. The van der Waals surface area contributed by atoms with Gasteiger partial charge in [0.2, 0.25) is 0 Å². The van der Waals surface area contributed by atoms with E-state index in [1.807, 2.05) is 28.9 Å². The monoisotopic (exact) mass is 355 g/mol. The molecule has 0 amide bonds. The molecule has 3 rings (SSSR count). The molecule has 1 saturated heterocycles. The number of hydrogen-bond donors (Lipinski definition) is 0. The van der Waals surface area contributed by atoms with Crippen LogP contribution in [0.4, 0.5) is 0 Å². The second kappa shape index (κ2) is 8.49. The first-order chi connectivity index (χ1) is 12.6. The van der Waals surface area contributed by atoms with E-state index in [1.165, 1.54) is 5.56 Å². The molecular weight excluding hydrogens is 326 g/mol. The van der Waals surface area contributed by atoms with Crippen molar-refractivity contribution in [3.8, 4) is 5.75 Å². The van der Waals surface area contributed by atoms with Gasteiger partial charge in [-0.15, -0.1) is 0 Å². The normalized spacial score (nSPS) is 18.0. The van der Waals surface area contributed by atoms with E-state index in [4.69, 9.17) is 4.74 Å². The number of methoxy groups -OCH3 is 1. The first kappa shape index (κ1) is 18.6. The van der Waals surface area contributed by atoms with Gasteiger partial charge in [-0.2, -0.15) is 5.10 Å². The minimum atomic E-state index is 0.0334. The van der Waals surface area contributed by atoms with E-state index in [-0.39, 0.29) is 11.7 Å². The van der Waals surface area contributed by atoms with Crippen LogP contribution >= 0.6 is 0 Å². The van der Waals surface area contributed by atoms with Gasteiger partial charge in [0.15, 0.2) is 5.78 Å². The van der Waals surface area contributed by atoms with E-state index in [1.54, 1.807) is 7.11 Å². The fraction of sp³-hybridized carbons (Fsp3) is 0.524. The summed E-state index contributed by atoms with van der Waals surface area (Å²) in [6.45, 7) is 7.89. The zero-order valence-corrected chi connectivity index (χ0v) is 16.1. The van der Waals surface area contributed by atoms with E-state index in [2.05, 4.69) is 30.0 Å². The summed E-state index contributed by atoms with van der Waals surface area (Å²) in [5.41, 5.74) is 3.06. The predicted molar refractivity (Wildman–Crippen MR) is 103 cm³/mol. The van der Waals surface area contributed by atoms with Crippen molar-refractivity contribution in [2.75, 3.05) is 20.2 Å². The zero-order chi connectivity index (χ0) is 18.5. The van der Waals surface area contributed by atoms with Gasteiger partial charge in [-0.05, 0) is 44.9 Å². The fourth-order valence-corrected chi connectivity index (χ4v) is 3.78. The van der Waals surface area contributed by atoms with Crippen LogP contribution in [0, 0.1) is 12.8 Å². The number of aromatic nitrogens is 2. The Balaban J connectivity index is 1.68. The average molecular weight is 355 g/mol. The molecule has 2 heterocycles. The van der Waals surface area contributed by atoms with Crippen molar-refractivity contribution >= 4 is 5.78 Å². The van der Waals surface area contributed by atoms with E-state index >= 15 is 0 Å². The van der Waals surface area contributed by atoms with Gasteiger partial charge < -0.3 is 4.74 Å². The van der Waals surface area contributed by atoms with E-state index in [9.17, 15) is 4.79 Å². The standard InChI is InChI=1S/C21H29N3O2/c1-4-11-24-15-18(16(2)22-24)14-23-12-7-8-17(13-23)21(25)19-9-5-6-10-20(19)26-3/h5-6,9-10,15,17H,4,7-8,11-14H2,1-3H3/t17-/m1/s1. The molecule has 1 atom stereocenters. The van der Waals surface area contributed by atoms with Gasteiger partial charge in [0.1, 0.15) is 5.75 Å². The van der Waals surface area contributed by atoms with Gasteiger partial charge in [-0.3, -0.25) is 14.4 Å². The maximum absolute atomic E-state index is 13.0. The maximum atomic E-state index is 13.0. The number of carbonyl (C=O) groups is 1. The van der Waals surface area contributed by atoms with Crippen molar-refractivity contribution in [1.82, 2.24) is 14.7 Å². The lowest BCUT2D eigenvalue weighted by Gasteiger charge is -2.32. The molecule has 1 aromatic heterocycles. The third kappa shape index (κ3) is 4.15. The van der Waals surface area contributed by atoms with Crippen molar-refractivity contribution in [3.63, 3.8) is 0 Å². The summed E-state index contributed by atoms with van der Waals surface area (Å²) >= 11 is 0. The Morgan fingerprint density at radius 2 is 2.15 bits per heavy atom. The molecule has 2 aromatic rings. The number of benzene rings is 1. The first-order valence-electron chi connectivity index (χ1n) is 9.55. The summed E-state index contributed by atoms with van der Waals surface area (Å²) in [4.78, 5) is 15.4. The highest BCUT2D eigenvalue weighted by Gasteiger charge is 2.28. The number of rotatable bonds is 7. The Morgan fingerprint density at radius 3 is 2.92 bits per heavy atom. The zero-order valence-electron chi connectivity index (χ0n) is 16.1. The molecule has 140 valence electrons. The molecule has 0 bridgehead atoms. The van der Waals surface area contributed by atoms with Gasteiger partial charge in [0.25, 0.3) is 0 Å². The molecule has 0 saturated carbocycles. The highest BCUT2D eigenvalue weighted by atomic mass is 16.5. The molecule has 0 unspecified atom stereocenters. The number of para-hydroxylation sites is 1. The fourth-order valence-electron chi connectivity index (χ4n) is 3.78. The van der Waals surface area contributed by atoms with Crippen LogP contribution < -0.4 is 4.74 Å². The Morgan fingerprint density at radius 1 is 1.35 bits per heavy atom. The van der Waals surface area contributed by atoms with Crippen LogP contribution in [0.5, 0.6) is 5.75 Å². The highest BCUT2D eigenvalue weighted by molar-refractivity contribution is 6.00. The molecule has 5 nitrogen and oxygen atoms in total. The van der Waals surface area contributed by atoms with Gasteiger partial charge in [0.05, 0.1) is 18.4 Å². The minimum absolute atomic E-state index is 0.0334. The van der Waals surface area contributed by atoms with Crippen molar-refractivity contribution < 1.29 is 9.53 Å². The van der Waals surface area contributed by atoms with Crippen molar-refractivity contribution in [2.24, 2.45) is 5.92 Å². The number of Topliss-reactive ketones (excluding diaryl/α,β-unsaturated/α-hetero) is 1. The van der Waals surface area contributed by atoms with Crippen molar-refractivity contribution in [3.05, 3.63) is 47.3 Å². The summed E-state index contributed by atoms with van der Waals surface area (Å²) < 4.78 is 7.41. The largest absolute Gasteiger partial charge is 0.496 e. The average Bonchev–Trinajstić information content (AvgIpc) is 3.00. The topological polar surface area (TPSA) is 47.4 Å². The number of piperidine rings is 1. The Bertz CT molecular complexity index is 753. The van der Waals surface area contributed by atoms with Gasteiger partial charge in [-0.25, -0.2) is 0 Å². The summed E-state index contributed by atoms with van der Waals surface area (Å²) in [5, 5.41) is 4.60. The van der Waals surface area contributed by atoms with Crippen LogP contribution in [0.25, 0.3) is 0 Å². The molecule has 0 radical (unpaired) electrons. The highest BCUT2D eigenvalue weighted by Crippen LogP contribution is 2.27. The number of ketones is 1. The summed E-state index contributed by atoms with van der Waals surface area (Å²) in [7, 11) is 1.62. The molecule has 1 fully saturated rings. The molecule has 0 aliphatic carbocycles. The molecule has 1 aliphatic heterocycles. The Hall–Kier alpha value is -2.14. The number of likely N-dealkylation sites (tertiary alicyclic amines) is 1. The molecule has 1 aliphatic rings. The molecular formula is C21H29N3O2. The number of carbonyl (C=O) groups excluding carboxylic acids is 1. The molecule has 26 heavy (non-hydrogen) atoms. The third-order valence-corrected chi connectivity index (χ3v) is 5.14. The molecule has 1 aromatic carbocycles. The van der Waals surface area contributed by atoms with Crippen LogP contribution in [0.1, 0.15) is 47.8 Å². The molecule has 5 heteroatoms. The van der Waals surface area contributed by atoms with Crippen LogP contribution in [0.15, 0.2) is 30.5 Å². The lowest BCUT2D eigenvalue weighted by Crippen LogP contribution is -2.38. The smallest absolute Gasteiger partial charge is 0.170 e. The summed E-state index contributed by atoms with van der Waals surface area (Å²) in [6.07, 6.45) is 5.24. The minimum Gasteiger partial charge on any atom is -0.496 e. The van der Waals surface area contributed by atoms with E-state index < -0.39 is 0 Å². The lowest BCUT2D eigenvalue weighted by molar-refractivity contribution is 0.0808. The Labute approximate surface area is 156 Å².